The second-order valence-corrected chi connectivity index (χ2v) is 4.89. The lowest BCUT2D eigenvalue weighted by Crippen LogP contribution is -2.15. The number of hydrogen-bond donors (Lipinski definition) is 0. The average molecular weight is 198 g/mol. The van der Waals surface area contributed by atoms with Crippen LogP contribution in [-0.4, -0.2) is 4.98 Å². The van der Waals surface area contributed by atoms with Crippen molar-refractivity contribution in [3.05, 3.63) is 29.0 Å². The Morgan fingerprint density at radius 1 is 1.38 bits per heavy atom. The van der Waals surface area contributed by atoms with E-state index in [0.717, 1.165) is 5.02 Å². The molecule has 1 atom stereocenters. The second kappa shape index (κ2) is 3.67. The van der Waals surface area contributed by atoms with E-state index >= 15 is 0 Å². The van der Waals surface area contributed by atoms with E-state index in [1.807, 2.05) is 6.07 Å². The molecule has 0 saturated carbocycles. The van der Waals surface area contributed by atoms with Crippen LogP contribution in [0.15, 0.2) is 18.5 Å². The molecule has 0 spiro atoms. The SMILES string of the molecule is CC(c1ccncc1Cl)C(C)(C)C. The Bertz CT molecular complexity index is 288. The van der Waals surface area contributed by atoms with Crippen molar-refractivity contribution in [3.8, 4) is 0 Å². The number of nitrogens with zero attached hydrogens (tertiary/aromatic N) is 1. The second-order valence-electron chi connectivity index (χ2n) is 4.48. The molecular weight excluding hydrogens is 182 g/mol. The Morgan fingerprint density at radius 2 is 2.00 bits per heavy atom. The van der Waals surface area contributed by atoms with Crippen molar-refractivity contribution in [1.82, 2.24) is 4.98 Å². The fourth-order valence-electron chi connectivity index (χ4n) is 1.20. The molecule has 0 fully saturated rings. The first-order valence-electron chi connectivity index (χ1n) is 4.52. The van der Waals surface area contributed by atoms with Crippen molar-refractivity contribution in [2.45, 2.75) is 33.6 Å². The summed E-state index contributed by atoms with van der Waals surface area (Å²) < 4.78 is 0. The molecule has 0 aliphatic rings. The van der Waals surface area contributed by atoms with Gasteiger partial charge in [-0.25, -0.2) is 0 Å². The highest BCUT2D eigenvalue weighted by Gasteiger charge is 2.23. The Morgan fingerprint density at radius 3 is 2.46 bits per heavy atom. The van der Waals surface area contributed by atoms with Gasteiger partial charge in [0, 0.05) is 12.4 Å². The van der Waals surface area contributed by atoms with Gasteiger partial charge in [-0.2, -0.15) is 0 Å². The van der Waals surface area contributed by atoms with Gasteiger partial charge in [0.05, 0.1) is 5.02 Å². The molecule has 1 unspecified atom stereocenters. The molecule has 0 aromatic carbocycles. The van der Waals surface area contributed by atoms with Gasteiger partial charge in [-0.1, -0.05) is 39.3 Å². The summed E-state index contributed by atoms with van der Waals surface area (Å²) in [6.07, 6.45) is 3.50. The summed E-state index contributed by atoms with van der Waals surface area (Å²) in [5, 5.41) is 0.768. The average Bonchev–Trinajstić information content (AvgIpc) is 2.02. The van der Waals surface area contributed by atoms with E-state index in [-0.39, 0.29) is 5.41 Å². The molecule has 0 aliphatic heterocycles. The molecule has 0 amide bonds. The fourth-order valence-corrected chi connectivity index (χ4v) is 1.49. The van der Waals surface area contributed by atoms with Gasteiger partial charge in [-0.15, -0.1) is 0 Å². The molecule has 0 bridgehead atoms. The monoisotopic (exact) mass is 197 g/mol. The van der Waals surface area contributed by atoms with Crippen LogP contribution in [-0.2, 0) is 0 Å². The smallest absolute Gasteiger partial charge is 0.0624 e. The molecule has 1 heterocycles. The van der Waals surface area contributed by atoms with E-state index in [4.69, 9.17) is 11.6 Å². The van der Waals surface area contributed by atoms with Crippen LogP contribution >= 0.6 is 11.6 Å². The van der Waals surface area contributed by atoms with Crippen LogP contribution in [0.2, 0.25) is 5.02 Å². The van der Waals surface area contributed by atoms with Gasteiger partial charge in [-0.05, 0) is 23.0 Å². The summed E-state index contributed by atoms with van der Waals surface area (Å²) in [6, 6.07) is 2.00. The van der Waals surface area contributed by atoms with Crippen molar-refractivity contribution >= 4 is 11.6 Å². The van der Waals surface area contributed by atoms with Crippen molar-refractivity contribution in [2.75, 3.05) is 0 Å². The highest BCUT2D eigenvalue weighted by Crippen LogP contribution is 2.37. The fraction of sp³-hybridized carbons (Fsp3) is 0.545. The lowest BCUT2D eigenvalue weighted by atomic mass is 9.78. The van der Waals surface area contributed by atoms with Gasteiger partial charge < -0.3 is 0 Å². The van der Waals surface area contributed by atoms with Gasteiger partial charge >= 0.3 is 0 Å². The largest absolute Gasteiger partial charge is 0.263 e. The van der Waals surface area contributed by atoms with E-state index in [2.05, 4.69) is 32.7 Å². The molecule has 0 aliphatic carbocycles. The lowest BCUT2D eigenvalue weighted by molar-refractivity contribution is 0.339. The van der Waals surface area contributed by atoms with E-state index in [1.165, 1.54) is 5.56 Å². The molecule has 2 heteroatoms. The van der Waals surface area contributed by atoms with Crippen molar-refractivity contribution in [3.63, 3.8) is 0 Å². The van der Waals surface area contributed by atoms with E-state index in [0.29, 0.717) is 5.92 Å². The Kier molecular flexibility index (Phi) is 2.97. The minimum absolute atomic E-state index is 0.241. The van der Waals surface area contributed by atoms with Gasteiger partial charge in [0.25, 0.3) is 0 Å². The maximum atomic E-state index is 6.06. The van der Waals surface area contributed by atoms with Crippen LogP contribution in [0.4, 0.5) is 0 Å². The van der Waals surface area contributed by atoms with Crippen molar-refractivity contribution < 1.29 is 0 Å². The lowest BCUT2D eigenvalue weighted by Gasteiger charge is -2.28. The summed E-state index contributed by atoms with van der Waals surface area (Å²) in [4.78, 5) is 3.98. The maximum Gasteiger partial charge on any atom is 0.0624 e. The number of rotatable bonds is 1. The van der Waals surface area contributed by atoms with E-state index in [1.54, 1.807) is 12.4 Å². The summed E-state index contributed by atoms with van der Waals surface area (Å²) in [6.45, 7) is 8.85. The predicted molar refractivity (Wildman–Crippen MR) is 57.1 cm³/mol. The summed E-state index contributed by atoms with van der Waals surface area (Å²) in [5.41, 5.74) is 1.43. The molecule has 0 N–H and O–H groups in total. The maximum absolute atomic E-state index is 6.06. The third-order valence-corrected chi connectivity index (χ3v) is 2.89. The standard InChI is InChI=1S/C11H16ClN/c1-8(11(2,3)4)9-5-6-13-7-10(9)12/h5-8H,1-4H3. The van der Waals surface area contributed by atoms with Crippen LogP contribution in [0.3, 0.4) is 0 Å². The molecule has 0 saturated heterocycles. The third-order valence-electron chi connectivity index (χ3n) is 2.57. The first-order valence-corrected chi connectivity index (χ1v) is 4.90. The van der Waals surface area contributed by atoms with Crippen LogP contribution in [0.25, 0.3) is 0 Å². The normalized spacial score (nSPS) is 14.2. The molecule has 1 rings (SSSR count). The van der Waals surface area contributed by atoms with Gasteiger partial charge in [0.2, 0.25) is 0 Å². The summed E-state index contributed by atoms with van der Waals surface area (Å²) in [7, 11) is 0. The molecule has 72 valence electrons. The molecule has 1 aromatic rings. The Labute approximate surface area is 85.1 Å². The zero-order valence-corrected chi connectivity index (χ0v) is 9.39. The Hall–Kier alpha value is -0.560. The van der Waals surface area contributed by atoms with Crippen molar-refractivity contribution in [1.29, 1.82) is 0 Å². The zero-order chi connectivity index (χ0) is 10.1. The minimum atomic E-state index is 0.241. The number of halogens is 1. The van der Waals surface area contributed by atoms with Crippen molar-refractivity contribution in [2.24, 2.45) is 5.41 Å². The number of aromatic nitrogens is 1. The molecule has 0 radical (unpaired) electrons. The first-order chi connectivity index (χ1) is 5.93. The van der Waals surface area contributed by atoms with Crippen LogP contribution in [0, 0.1) is 5.41 Å². The third kappa shape index (κ3) is 2.44. The summed E-state index contributed by atoms with van der Waals surface area (Å²) in [5.74, 6) is 0.447. The molecular formula is C11H16ClN. The van der Waals surface area contributed by atoms with Gasteiger partial charge in [0.15, 0.2) is 0 Å². The van der Waals surface area contributed by atoms with Crippen LogP contribution in [0.5, 0.6) is 0 Å². The first kappa shape index (κ1) is 10.5. The quantitative estimate of drug-likeness (QED) is 0.666. The topological polar surface area (TPSA) is 12.9 Å². The molecule has 1 aromatic heterocycles. The van der Waals surface area contributed by atoms with Gasteiger partial charge in [-0.3, -0.25) is 4.98 Å². The van der Waals surface area contributed by atoms with Crippen LogP contribution in [0.1, 0.15) is 39.2 Å². The minimum Gasteiger partial charge on any atom is -0.263 e. The molecule has 1 nitrogen and oxygen atoms in total. The zero-order valence-electron chi connectivity index (χ0n) is 8.63. The highest BCUT2D eigenvalue weighted by atomic mass is 35.5. The molecule has 13 heavy (non-hydrogen) atoms. The highest BCUT2D eigenvalue weighted by molar-refractivity contribution is 6.31. The number of pyridine rings is 1. The predicted octanol–water partition coefficient (Wildman–Crippen LogP) is 3.88. The van der Waals surface area contributed by atoms with E-state index in [9.17, 15) is 0 Å². The Balaban J connectivity index is 3.02. The van der Waals surface area contributed by atoms with Crippen LogP contribution < -0.4 is 0 Å². The number of hydrogen-bond acceptors (Lipinski definition) is 1. The summed E-state index contributed by atoms with van der Waals surface area (Å²) >= 11 is 6.06. The van der Waals surface area contributed by atoms with E-state index < -0.39 is 0 Å². The van der Waals surface area contributed by atoms with Gasteiger partial charge in [0.1, 0.15) is 0 Å².